The van der Waals surface area contributed by atoms with Crippen LogP contribution in [0.3, 0.4) is 0 Å². The molecule has 0 radical (unpaired) electrons. The fourth-order valence-electron chi connectivity index (χ4n) is 13.8. The fourth-order valence-corrected chi connectivity index (χ4v) is 13.8. The van der Waals surface area contributed by atoms with Gasteiger partial charge in [-0.15, -0.1) is 0 Å². The number of fused-ring (bicyclic) bond motifs is 6. The highest BCUT2D eigenvalue weighted by Crippen LogP contribution is 2.44. The van der Waals surface area contributed by atoms with Crippen molar-refractivity contribution in [2.24, 2.45) is 0 Å². The summed E-state index contributed by atoms with van der Waals surface area (Å²) in [6, 6.07) is 120. The van der Waals surface area contributed by atoms with Gasteiger partial charge in [-0.05, 0) is 188 Å². The van der Waals surface area contributed by atoms with E-state index in [2.05, 4.69) is 246 Å². The molecule has 0 aliphatic heterocycles. The predicted octanol–water partition coefficient (Wildman–Crippen LogP) is 22.4. The largest absolute Gasteiger partial charge is 0.309 e. The van der Waals surface area contributed by atoms with Gasteiger partial charge >= 0.3 is 0 Å². The first-order chi connectivity index (χ1) is 48.4. The van der Waals surface area contributed by atoms with E-state index in [4.69, 9.17) is 15.0 Å². The minimum absolute atomic E-state index is 0.458. The molecular formula is C90H54N8. The number of aromatic nitrogens is 5. The maximum absolute atomic E-state index is 10.1. The van der Waals surface area contributed by atoms with Crippen molar-refractivity contribution < 1.29 is 0 Å². The zero-order valence-electron chi connectivity index (χ0n) is 52.8. The van der Waals surface area contributed by atoms with Crippen molar-refractivity contribution >= 4 is 43.6 Å². The molecule has 0 amide bonds. The Balaban J connectivity index is 0.875. The molecule has 14 aromatic carbocycles. The highest BCUT2D eigenvalue weighted by molar-refractivity contribution is 6.14. The zero-order chi connectivity index (χ0) is 65.6. The first-order valence-electron chi connectivity index (χ1n) is 32.5. The van der Waals surface area contributed by atoms with Gasteiger partial charge in [0, 0.05) is 49.4 Å². The molecule has 98 heavy (non-hydrogen) atoms. The predicted molar refractivity (Wildman–Crippen MR) is 397 cm³/mol. The summed E-state index contributed by atoms with van der Waals surface area (Å²) in [5, 5.41) is 34.3. The molecular weight excluding hydrogens is 1190 g/mol. The van der Waals surface area contributed by atoms with E-state index in [0.29, 0.717) is 34.2 Å². The summed E-state index contributed by atoms with van der Waals surface area (Å²) in [5.74, 6) is 1.39. The highest BCUT2D eigenvalue weighted by atomic mass is 15.0. The molecule has 0 saturated carbocycles. The Morgan fingerprint density at radius 2 is 0.439 bits per heavy atom. The van der Waals surface area contributed by atoms with Crippen LogP contribution >= 0.6 is 0 Å². The van der Waals surface area contributed by atoms with Crippen LogP contribution < -0.4 is 0 Å². The van der Waals surface area contributed by atoms with E-state index >= 15 is 0 Å². The molecule has 8 heteroatoms. The molecule has 8 nitrogen and oxygen atoms in total. The lowest BCUT2D eigenvalue weighted by molar-refractivity contribution is 1.07. The number of nitrogens with zero attached hydrogens (tertiary/aromatic N) is 8. The Bertz CT molecular complexity index is 5560. The molecule has 17 rings (SSSR count). The maximum Gasteiger partial charge on any atom is 0.164 e. The lowest BCUT2D eigenvalue weighted by Gasteiger charge is -2.17. The molecule has 0 aliphatic rings. The standard InChI is InChI=1S/C90H54N8/c91-55-58-21-27-65(28-22-58)66-33-35-69(36-34-66)88-94-89(74-41-47-82(76(53-74)67-29-23-59(56-92)24-30-67)97-84-43-37-70(61-13-5-1-6-14-61)49-78(84)79-50-71(38-44-85(79)97)62-15-7-2-8-16-62)96-90(95-88)75-42-48-83(77(54-75)68-31-25-60(57-93)26-32-68)98-86-45-39-72(63-17-9-3-10-18-63)51-80(86)81-52-73(40-46-87(81)98)64-19-11-4-12-20-64/h1-54H. The van der Waals surface area contributed by atoms with E-state index in [0.717, 1.165) is 150 Å². The Morgan fingerprint density at radius 3 is 0.735 bits per heavy atom. The Labute approximate surface area is 566 Å². The van der Waals surface area contributed by atoms with Gasteiger partial charge < -0.3 is 9.13 Å². The summed E-state index contributed by atoms with van der Waals surface area (Å²) < 4.78 is 4.72. The third kappa shape index (κ3) is 10.6. The number of hydrogen-bond acceptors (Lipinski definition) is 6. The number of nitriles is 3. The second kappa shape index (κ2) is 24.6. The molecule has 454 valence electrons. The summed E-state index contributed by atoms with van der Waals surface area (Å²) in [6.07, 6.45) is 0. The van der Waals surface area contributed by atoms with Crippen LogP contribution in [0.15, 0.2) is 328 Å². The van der Waals surface area contributed by atoms with Gasteiger partial charge in [-0.3, -0.25) is 0 Å². The summed E-state index contributed by atoms with van der Waals surface area (Å²) in [6.45, 7) is 0. The lowest BCUT2D eigenvalue weighted by Crippen LogP contribution is -2.03. The monoisotopic (exact) mass is 1250 g/mol. The molecule has 0 spiro atoms. The van der Waals surface area contributed by atoms with E-state index in [1.54, 1.807) is 0 Å². The van der Waals surface area contributed by atoms with Gasteiger partial charge in [-0.2, -0.15) is 15.8 Å². The zero-order valence-corrected chi connectivity index (χ0v) is 52.8. The van der Waals surface area contributed by atoms with E-state index in [1.807, 2.05) is 109 Å². The Morgan fingerprint density at radius 1 is 0.204 bits per heavy atom. The van der Waals surface area contributed by atoms with Crippen LogP contribution in [0.4, 0.5) is 0 Å². The third-order valence-electron chi connectivity index (χ3n) is 18.7. The molecule has 0 atom stereocenters. The van der Waals surface area contributed by atoms with Crippen molar-refractivity contribution in [2.45, 2.75) is 0 Å². The molecule has 3 heterocycles. The van der Waals surface area contributed by atoms with E-state index in [1.165, 1.54) is 0 Å². The van der Waals surface area contributed by atoms with Gasteiger partial charge in [0.05, 0.1) is 68.3 Å². The summed E-state index contributed by atoms with van der Waals surface area (Å²) in [4.78, 5) is 16.3. The maximum atomic E-state index is 10.1. The second-order valence-corrected chi connectivity index (χ2v) is 24.5. The molecule has 0 unspecified atom stereocenters. The van der Waals surface area contributed by atoms with Gasteiger partial charge in [0.15, 0.2) is 17.5 Å². The van der Waals surface area contributed by atoms with Gasteiger partial charge in [0.2, 0.25) is 0 Å². The van der Waals surface area contributed by atoms with Gasteiger partial charge in [-0.25, -0.2) is 15.0 Å². The minimum Gasteiger partial charge on any atom is -0.309 e. The van der Waals surface area contributed by atoms with Crippen molar-refractivity contribution in [3.05, 3.63) is 344 Å². The Kier molecular flexibility index (Phi) is 14.5. The average Bonchev–Trinajstić information content (AvgIpc) is 1.55. The quantitative estimate of drug-likeness (QED) is 0.120. The first-order valence-corrected chi connectivity index (χ1v) is 32.5. The normalized spacial score (nSPS) is 11.2. The van der Waals surface area contributed by atoms with Crippen molar-refractivity contribution in [2.75, 3.05) is 0 Å². The summed E-state index contributed by atoms with van der Waals surface area (Å²) >= 11 is 0. The van der Waals surface area contributed by atoms with E-state index in [9.17, 15) is 15.8 Å². The van der Waals surface area contributed by atoms with Crippen molar-refractivity contribution in [1.82, 2.24) is 24.1 Å². The number of rotatable bonds is 12. The molecule has 0 N–H and O–H groups in total. The number of benzene rings is 14. The van der Waals surface area contributed by atoms with Gasteiger partial charge in [0.1, 0.15) is 0 Å². The van der Waals surface area contributed by atoms with Crippen molar-refractivity contribution in [3.8, 4) is 142 Å². The van der Waals surface area contributed by atoms with Crippen LogP contribution in [0.25, 0.3) is 167 Å². The summed E-state index contributed by atoms with van der Waals surface area (Å²) in [7, 11) is 0. The molecule has 17 aromatic rings. The SMILES string of the molecule is N#Cc1ccc(-c2ccc(-c3nc(-c4ccc(-n5c6ccc(-c7ccccc7)cc6c6cc(-c7ccccc7)ccc65)c(-c5ccc(C#N)cc5)c4)nc(-c4ccc(-n5c6ccc(-c7ccccc7)cc6c6cc(-c7ccccc7)ccc65)c(-c5ccc(C#N)cc5)c4)n3)cc2)cc1. The van der Waals surface area contributed by atoms with Crippen LogP contribution in [0.5, 0.6) is 0 Å². The fraction of sp³-hybridized carbons (Fsp3) is 0. The average molecular weight is 1250 g/mol. The molecule has 0 bridgehead atoms. The second-order valence-electron chi connectivity index (χ2n) is 24.5. The smallest absolute Gasteiger partial charge is 0.164 e. The number of hydrogen-bond donors (Lipinski definition) is 0. The van der Waals surface area contributed by atoms with E-state index in [-0.39, 0.29) is 0 Å². The van der Waals surface area contributed by atoms with Crippen LogP contribution in [0, 0.1) is 34.0 Å². The van der Waals surface area contributed by atoms with E-state index < -0.39 is 0 Å². The van der Waals surface area contributed by atoms with Crippen LogP contribution in [-0.4, -0.2) is 24.1 Å². The van der Waals surface area contributed by atoms with Crippen molar-refractivity contribution in [3.63, 3.8) is 0 Å². The molecule has 0 saturated heterocycles. The molecule has 3 aromatic heterocycles. The van der Waals surface area contributed by atoms with Crippen LogP contribution in [0.2, 0.25) is 0 Å². The Hall–Kier alpha value is -13.8. The first kappa shape index (κ1) is 58.0. The summed E-state index contributed by atoms with van der Waals surface area (Å²) in [5.41, 5.74) is 24.6. The van der Waals surface area contributed by atoms with Crippen molar-refractivity contribution in [1.29, 1.82) is 15.8 Å². The topological polar surface area (TPSA) is 120 Å². The lowest BCUT2D eigenvalue weighted by atomic mass is 9.98. The van der Waals surface area contributed by atoms with Crippen LogP contribution in [-0.2, 0) is 0 Å². The van der Waals surface area contributed by atoms with Gasteiger partial charge in [0.25, 0.3) is 0 Å². The minimum atomic E-state index is 0.458. The van der Waals surface area contributed by atoms with Crippen LogP contribution in [0.1, 0.15) is 16.7 Å². The third-order valence-corrected chi connectivity index (χ3v) is 18.7. The molecule has 0 fully saturated rings. The molecule has 0 aliphatic carbocycles. The van der Waals surface area contributed by atoms with Gasteiger partial charge in [-0.1, -0.05) is 206 Å². The highest BCUT2D eigenvalue weighted by Gasteiger charge is 2.24.